The summed E-state index contributed by atoms with van der Waals surface area (Å²) in [6.07, 6.45) is 6.07. The first-order chi connectivity index (χ1) is 18.7. The highest BCUT2D eigenvalue weighted by Crippen LogP contribution is 2.35. The van der Waals surface area contributed by atoms with E-state index in [-0.39, 0.29) is 30.1 Å². The summed E-state index contributed by atoms with van der Waals surface area (Å²) >= 11 is 0. The first kappa shape index (κ1) is 25.9. The molecule has 0 aliphatic heterocycles. The number of carbonyl (C=O) groups is 1. The lowest BCUT2D eigenvalue weighted by atomic mass is 10.1. The number of anilines is 2. The van der Waals surface area contributed by atoms with Gasteiger partial charge in [0.1, 0.15) is 17.8 Å². The number of amides is 1. The van der Waals surface area contributed by atoms with Crippen molar-refractivity contribution in [2.75, 3.05) is 12.0 Å². The third kappa shape index (κ3) is 4.60. The molecule has 13 nitrogen and oxygen atoms in total. The number of pyridine rings is 1. The molecule has 1 aliphatic rings. The van der Waals surface area contributed by atoms with Crippen LogP contribution in [0.25, 0.3) is 11.0 Å². The van der Waals surface area contributed by atoms with Crippen LogP contribution in [0, 0.1) is 17.0 Å². The Morgan fingerprint density at radius 1 is 1.13 bits per heavy atom. The smallest absolute Gasteiger partial charge is 0.434 e. The van der Waals surface area contributed by atoms with Crippen LogP contribution in [0.1, 0.15) is 43.0 Å². The van der Waals surface area contributed by atoms with Gasteiger partial charge in [-0.2, -0.15) is 0 Å². The first-order valence-electron chi connectivity index (χ1n) is 12.5. The van der Waals surface area contributed by atoms with Gasteiger partial charge in [-0.15, -0.1) is 0 Å². The van der Waals surface area contributed by atoms with Crippen molar-refractivity contribution in [3.63, 3.8) is 0 Å². The molecule has 0 spiro atoms. The monoisotopic (exact) mass is 535 g/mol. The van der Waals surface area contributed by atoms with Crippen LogP contribution < -0.4 is 15.3 Å². The Hall–Kier alpha value is -4.68. The van der Waals surface area contributed by atoms with E-state index in [9.17, 15) is 19.7 Å². The van der Waals surface area contributed by atoms with Gasteiger partial charge in [0, 0.05) is 19.2 Å². The van der Waals surface area contributed by atoms with Crippen molar-refractivity contribution in [3.8, 4) is 5.75 Å². The molecule has 1 fully saturated rings. The summed E-state index contributed by atoms with van der Waals surface area (Å²) in [6, 6.07) is 7.05. The van der Waals surface area contributed by atoms with Crippen LogP contribution in [-0.2, 0) is 25.4 Å². The lowest BCUT2D eigenvalue weighted by molar-refractivity contribution is -0.396. The molecule has 39 heavy (non-hydrogen) atoms. The van der Waals surface area contributed by atoms with Crippen LogP contribution in [0.3, 0.4) is 0 Å². The van der Waals surface area contributed by atoms with Gasteiger partial charge >= 0.3 is 17.7 Å². The first-order valence-corrected chi connectivity index (χ1v) is 12.5. The second-order valence-corrected chi connectivity index (χ2v) is 9.59. The number of aryl methyl sites for hydroxylation is 2. The molecule has 1 aliphatic carbocycles. The van der Waals surface area contributed by atoms with E-state index in [0.717, 1.165) is 31.2 Å². The van der Waals surface area contributed by atoms with Crippen LogP contribution in [0.5, 0.6) is 5.75 Å². The molecule has 0 N–H and O–H groups in total. The zero-order valence-electron chi connectivity index (χ0n) is 22.2. The molecule has 1 aromatic carbocycles. The van der Waals surface area contributed by atoms with Gasteiger partial charge < -0.3 is 19.6 Å². The molecule has 4 aromatic rings. The Bertz CT molecular complexity index is 1630. The number of aromatic nitrogens is 5. The number of rotatable bonds is 7. The number of nitrogens with zero attached hydrogens (tertiary/aromatic N) is 7. The molecular formula is C26H29N7O6. The van der Waals surface area contributed by atoms with Crippen molar-refractivity contribution >= 4 is 34.6 Å². The van der Waals surface area contributed by atoms with Crippen molar-refractivity contribution in [1.82, 2.24) is 23.7 Å². The van der Waals surface area contributed by atoms with Gasteiger partial charge in [0.15, 0.2) is 12.3 Å². The van der Waals surface area contributed by atoms with Crippen LogP contribution in [0.2, 0.25) is 0 Å². The van der Waals surface area contributed by atoms with Crippen molar-refractivity contribution < 1.29 is 19.2 Å². The van der Waals surface area contributed by atoms with Crippen molar-refractivity contribution in [3.05, 3.63) is 68.5 Å². The number of imidazole rings is 2. The fourth-order valence-electron chi connectivity index (χ4n) is 5.14. The maximum absolute atomic E-state index is 13.6. The highest BCUT2D eigenvalue weighted by atomic mass is 16.6. The molecular weight excluding hydrogens is 506 g/mol. The predicted octanol–water partition coefficient (Wildman–Crippen LogP) is 4.28. The number of methoxy groups -OCH3 is 1. The molecule has 13 heteroatoms. The average Bonchev–Trinajstić information content (AvgIpc) is 3.63. The van der Waals surface area contributed by atoms with E-state index in [1.807, 2.05) is 6.92 Å². The van der Waals surface area contributed by atoms with Gasteiger partial charge in [-0.25, -0.2) is 24.0 Å². The summed E-state index contributed by atoms with van der Waals surface area (Å²) in [4.78, 5) is 47.0. The summed E-state index contributed by atoms with van der Waals surface area (Å²) in [5.41, 5.74) is 2.81. The second-order valence-electron chi connectivity index (χ2n) is 9.59. The van der Waals surface area contributed by atoms with E-state index in [2.05, 4.69) is 9.97 Å². The van der Waals surface area contributed by atoms with Crippen molar-refractivity contribution in [2.45, 2.75) is 45.3 Å². The lowest BCUT2D eigenvalue weighted by Crippen LogP contribution is -2.28. The largest absolute Gasteiger partial charge is 0.497 e. The van der Waals surface area contributed by atoms with Gasteiger partial charge in [0.2, 0.25) is 0 Å². The second kappa shape index (κ2) is 10.2. The highest BCUT2D eigenvalue weighted by molar-refractivity contribution is 5.97. The van der Waals surface area contributed by atoms with Crippen LogP contribution in [0.4, 0.5) is 22.2 Å². The van der Waals surface area contributed by atoms with E-state index >= 15 is 0 Å². The van der Waals surface area contributed by atoms with Gasteiger partial charge in [0.25, 0.3) is 0 Å². The third-order valence-electron chi connectivity index (χ3n) is 7.27. The van der Waals surface area contributed by atoms with Gasteiger partial charge in [-0.1, -0.05) is 17.8 Å². The Labute approximate surface area is 223 Å². The minimum atomic E-state index is -0.746. The van der Waals surface area contributed by atoms with Crippen LogP contribution >= 0.6 is 0 Å². The molecule has 5 rings (SSSR count). The molecule has 0 atom stereocenters. The van der Waals surface area contributed by atoms with Crippen LogP contribution in [0.15, 0.2) is 41.5 Å². The van der Waals surface area contributed by atoms with E-state index in [0.29, 0.717) is 28.2 Å². The number of hydrogen-bond donors (Lipinski definition) is 0. The number of hydrogen-bond acceptors (Lipinski definition) is 8. The Morgan fingerprint density at radius 3 is 2.51 bits per heavy atom. The fraction of sp³-hybridized carbons (Fsp3) is 0.385. The SMILES string of the molecule is COc1ccc(N(C(=O)OCc2cnc([N+](=O)[O-])n2C)c2cc3c(cn2)n(C)c(=O)n3C2CCCC2)c(C)c1. The van der Waals surface area contributed by atoms with Gasteiger partial charge in [-0.05, 0) is 48.5 Å². The zero-order valence-corrected chi connectivity index (χ0v) is 22.2. The topological polar surface area (TPSA) is 140 Å². The third-order valence-corrected chi connectivity index (χ3v) is 7.27. The molecule has 1 amide bonds. The summed E-state index contributed by atoms with van der Waals surface area (Å²) in [7, 11) is 4.75. The van der Waals surface area contributed by atoms with Gasteiger partial charge in [-0.3, -0.25) is 9.13 Å². The van der Waals surface area contributed by atoms with E-state index in [1.165, 1.54) is 22.7 Å². The Morgan fingerprint density at radius 2 is 1.87 bits per heavy atom. The van der Waals surface area contributed by atoms with E-state index in [1.54, 1.807) is 53.8 Å². The molecule has 0 radical (unpaired) electrons. The quantitative estimate of drug-likeness (QED) is 0.252. The predicted molar refractivity (Wildman–Crippen MR) is 142 cm³/mol. The zero-order chi connectivity index (χ0) is 27.8. The molecule has 0 unspecified atom stereocenters. The summed E-state index contributed by atoms with van der Waals surface area (Å²) in [5, 5.41) is 11.2. The van der Waals surface area contributed by atoms with E-state index in [4.69, 9.17) is 9.47 Å². The Kier molecular flexibility index (Phi) is 6.81. The van der Waals surface area contributed by atoms with Crippen LogP contribution in [-0.4, -0.2) is 41.8 Å². The van der Waals surface area contributed by atoms with E-state index < -0.39 is 11.0 Å². The number of fused-ring (bicyclic) bond motifs is 1. The average molecular weight is 536 g/mol. The molecule has 1 saturated carbocycles. The minimum absolute atomic E-state index is 0.0835. The molecule has 3 heterocycles. The molecule has 3 aromatic heterocycles. The maximum Gasteiger partial charge on any atom is 0.434 e. The maximum atomic E-state index is 13.6. The standard InChI is InChI=1S/C26H29N7O6/c1-16-11-19(38-4)9-10-20(16)32(26(35)39-15-18-13-28-24(29(18)2)33(36)37)23-12-21-22(14-27-23)30(3)25(34)31(21)17-7-5-6-8-17/h9-14,17H,5-8,15H2,1-4H3. The molecule has 0 saturated heterocycles. The highest BCUT2D eigenvalue weighted by Gasteiger charge is 2.28. The summed E-state index contributed by atoms with van der Waals surface area (Å²) in [6.45, 7) is 1.58. The Balaban J connectivity index is 1.57. The fourth-order valence-corrected chi connectivity index (χ4v) is 5.14. The normalized spacial score (nSPS) is 13.6. The van der Waals surface area contributed by atoms with Gasteiger partial charge in [0.05, 0.1) is 37.1 Å². The number of ether oxygens (including phenoxy) is 2. The number of carbonyl (C=O) groups excluding carboxylic acids is 1. The molecule has 204 valence electrons. The van der Waals surface area contributed by atoms with Crippen molar-refractivity contribution in [2.24, 2.45) is 14.1 Å². The summed E-state index contributed by atoms with van der Waals surface area (Å²) < 4.78 is 15.6. The number of benzene rings is 1. The number of nitro groups is 1. The van der Waals surface area contributed by atoms with Crippen molar-refractivity contribution in [1.29, 1.82) is 0 Å². The molecule has 0 bridgehead atoms. The minimum Gasteiger partial charge on any atom is -0.497 e. The lowest BCUT2D eigenvalue weighted by Gasteiger charge is -2.23. The summed E-state index contributed by atoms with van der Waals surface area (Å²) in [5.74, 6) is 0.535.